The van der Waals surface area contributed by atoms with Crippen molar-refractivity contribution >= 4 is 17.7 Å². The van der Waals surface area contributed by atoms with E-state index in [2.05, 4.69) is 37.4 Å². The Bertz CT molecular complexity index is 568. The zero-order valence-electron chi connectivity index (χ0n) is 14.2. The minimum atomic E-state index is 0.0814. The summed E-state index contributed by atoms with van der Waals surface area (Å²) in [7, 11) is 0. The molecule has 3 rings (SSSR count). The van der Waals surface area contributed by atoms with Crippen molar-refractivity contribution in [3.8, 4) is 0 Å². The van der Waals surface area contributed by atoms with E-state index in [4.69, 9.17) is 4.74 Å². The highest BCUT2D eigenvalue weighted by Crippen LogP contribution is 2.30. The highest BCUT2D eigenvalue weighted by molar-refractivity contribution is 7.99. The number of rotatable bonds is 6. The lowest BCUT2D eigenvalue weighted by molar-refractivity contribution is -0.119. The Balaban J connectivity index is 1.48. The van der Waals surface area contributed by atoms with Gasteiger partial charge >= 0.3 is 0 Å². The summed E-state index contributed by atoms with van der Waals surface area (Å²) < 4.78 is 5.25. The standard InChI is InChI=1S/C19H27NO2S/c1-14(16-8-7-15-5-3-4-6-17(15)9-16)20-18(21)10-23-13-19(2)11-22-12-19/h7-9,14H,3-6,10-13H2,1-2H3,(H,20,21). The largest absolute Gasteiger partial charge is 0.380 e. The van der Waals surface area contributed by atoms with Gasteiger partial charge in [0.1, 0.15) is 0 Å². The van der Waals surface area contributed by atoms with Gasteiger partial charge in [-0.2, -0.15) is 11.8 Å². The van der Waals surface area contributed by atoms with E-state index in [0.29, 0.717) is 5.75 Å². The van der Waals surface area contributed by atoms with Crippen molar-refractivity contribution in [3.63, 3.8) is 0 Å². The van der Waals surface area contributed by atoms with Crippen molar-refractivity contribution in [2.24, 2.45) is 5.41 Å². The summed E-state index contributed by atoms with van der Waals surface area (Å²) in [4.78, 5) is 12.1. The Morgan fingerprint density at radius 3 is 2.74 bits per heavy atom. The molecule has 2 aliphatic rings. The van der Waals surface area contributed by atoms with Gasteiger partial charge in [-0.3, -0.25) is 4.79 Å². The molecule has 0 bridgehead atoms. The molecule has 3 nitrogen and oxygen atoms in total. The van der Waals surface area contributed by atoms with Gasteiger partial charge in [-0.1, -0.05) is 25.1 Å². The van der Waals surface area contributed by atoms with E-state index in [-0.39, 0.29) is 17.4 Å². The average molecular weight is 333 g/mol. The quantitative estimate of drug-likeness (QED) is 0.866. The molecule has 1 aromatic carbocycles. The Morgan fingerprint density at radius 1 is 1.30 bits per heavy atom. The second kappa shape index (κ2) is 7.27. The molecular formula is C19H27NO2S. The number of nitrogens with one attached hydrogen (secondary N) is 1. The summed E-state index contributed by atoms with van der Waals surface area (Å²) in [5, 5.41) is 3.13. The molecule has 0 radical (unpaired) electrons. The summed E-state index contributed by atoms with van der Waals surface area (Å²) in [6.45, 7) is 5.95. The number of carbonyl (C=O) groups is 1. The van der Waals surface area contributed by atoms with E-state index >= 15 is 0 Å². The van der Waals surface area contributed by atoms with Crippen LogP contribution in [0.2, 0.25) is 0 Å². The molecule has 1 heterocycles. The van der Waals surface area contributed by atoms with E-state index in [0.717, 1.165) is 19.0 Å². The van der Waals surface area contributed by atoms with Crippen LogP contribution in [0.5, 0.6) is 0 Å². The third-order valence-corrected chi connectivity index (χ3v) is 6.20. The van der Waals surface area contributed by atoms with E-state index in [1.165, 1.54) is 42.4 Å². The third-order valence-electron chi connectivity index (χ3n) is 4.83. The lowest BCUT2D eigenvalue weighted by Gasteiger charge is -2.37. The van der Waals surface area contributed by atoms with Gasteiger partial charge in [-0.15, -0.1) is 0 Å². The first-order valence-electron chi connectivity index (χ1n) is 8.62. The predicted molar refractivity (Wildman–Crippen MR) is 95.9 cm³/mol. The van der Waals surface area contributed by atoms with Crippen molar-refractivity contribution in [2.75, 3.05) is 24.7 Å². The molecule has 1 atom stereocenters. The maximum atomic E-state index is 12.1. The van der Waals surface area contributed by atoms with Crippen molar-refractivity contribution in [1.82, 2.24) is 5.32 Å². The number of aryl methyl sites for hydroxylation is 2. The maximum absolute atomic E-state index is 12.1. The molecule has 1 fully saturated rings. The molecule has 126 valence electrons. The van der Waals surface area contributed by atoms with Gasteiger partial charge < -0.3 is 10.1 Å². The van der Waals surface area contributed by atoms with Crippen LogP contribution in [0.1, 0.15) is 49.4 Å². The number of carbonyl (C=O) groups excluding carboxylic acids is 1. The number of amides is 1. The highest BCUT2D eigenvalue weighted by atomic mass is 32.2. The van der Waals surface area contributed by atoms with Crippen LogP contribution in [0.15, 0.2) is 18.2 Å². The molecule has 0 saturated carbocycles. The monoisotopic (exact) mass is 333 g/mol. The fraction of sp³-hybridized carbons (Fsp3) is 0.632. The minimum absolute atomic E-state index is 0.0814. The van der Waals surface area contributed by atoms with Crippen molar-refractivity contribution in [1.29, 1.82) is 0 Å². The van der Waals surface area contributed by atoms with Crippen molar-refractivity contribution in [3.05, 3.63) is 34.9 Å². The van der Waals surface area contributed by atoms with Gasteiger partial charge in [0, 0.05) is 11.2 Å². The number of benzene rings is 1. The van der Waals surface area contributed by atoms with Crippen molar-refractivity contribution < 1.29 is 9.53 Å². The van der Waals surface area contributed by atoms with Gasteiger partial charge in [-0.25, -0.2) is 0 Å². The number of fused-ring (bicyclic) bond motifs is 1. The first-order valence-corrected chi connectivity index (χ1v) is 9.78. The Kier molecular flexibility index (Phi) is 5.32. The van der Waals surface area contributed by atoms with Crippen molar-refractivity contribution in [2.45, 2.75) is 45.6 Å². The highest BCUT2D eigenvalue weighted by Gasteiger charge is 2.33. The second-order valence-corrected chi connectivity index (χ2v) is 8.31. The molecule has 0 spiro atoms. The smallest absolute Gasteiger partial charge is 0.230 e. The van der Waals surface area contributed by atoms with Gasteiger partial charge in [0.05, 0.1) is 25.0 Å². The SMILES string of the molecule is CC(NC(=O)CSCC1(C)COC1)c1ccc2c(c1)CCCC2. The van der Waals surface area contributed by atoms with E-state index in [1.54, 1.807) is 11.8 Å². The minimum Gasteiger partial charge on any atom is -0.380 e. The van der Waals surface area contributed by atoms with Gasteiger partial charge in [0.2, 0.25) is 5.91 Å². The van der Waals surface area contributed by atoms with Gasteiger partial charge in [0.25, 0.3) is 0 Å². The number of hydrogen-bond donors (Lipinski definition) is 1. The fourth-order valence-corrected chi connectivity index (χ4v) is 4.34. The number of hydrogen-bond acceptors (Lipinski definition) is 3. The van der Waals surface area contributed by atoms with Crippen LogP contribution >= 0.6 is 11.8 Å². The molecule has 0 aromatic heterocycles. The summed E-state index contributed by atoms with van der Waals surface area (Å²) in [5.74, 6) is 1.66. The predicted octanol–water partition coefficient (Wildman–Crippen LogP) is 3.51. The van der Waals surface area contributed by atoms with Crippen LogP contribution in [0.3, 0.4) is 0 Å². The van der Waals surface area contributed by atoms with Crippen LogP contribution in [0, 0.1) is 5.41 Å². The van der Waals surface area contributed by atoms with Gasteiger partial charge in [-0.05, 0) is 49.3 Å². The lowest BCUT2D eigenvalue weighted by Crippen LogP contribution is -2.42. The summed E-state index contributed by atoms with van der Waals surface area (Å²) in [6.07, 6.45) is 4.98. The molecular weight excluding hydrogens is 306 g/mol. The zero-order valence-corrected chi connectivity index (χ0v) is 15.0. The van der Waals surface area contributed by atoms with E-state index in [9.17, 15) is 4.79 Å². The van der Waals surface area contributed by atoms with Crippen LogP contribution in [0.4, 0.5) is 0 Å². The van der Waals surface area contributed by atoms with E-state index < -0.39 is 0 Å². The van der Waals surface area contributed by atoms with E-state index in [1.807, 2.05) is 0 Å². The average Bonchev–Trinajstić information content (AvgIpc) is 2.52. The summed E-state index contributed by atoms with van der Waals surface area (Å²) in [6, 6.07) is 6.80. The van der Waals surface area contributed by atoms with Crippen LogP contribution in [-0.4, -0.2) is 30.6 Å². The Hall–Kier alpha value is -1.00. The lowest BCUT2D eigenvalue weighted by atomic mass is 9.89. The fourth-order valence-electron chi connectivity index (χ4n) is 3.31. The molecule has 4 heteroatoms. The first kappa shape index (κ1) is 16.8. The molecule has 1 aliphatic carbocycles. The molecule has 1 saturated heterocycles. The zero-order chi connectivity index (χ0) is 16.3. The van der Waals surface area contributed by atoms with Gasteiger partial charge in [0.15, 0.2) is 0 Å². The van der Waals surface area contributed by atoms with Crippen LogP contribution in [0.25, 0.3) is 0 Å². The van der Waals surface area contributed by atoms with Crippen LogP contribution < -0.4 is 5.32 Å². The summed E-state index contributed by atoms with van der Waals surface area (Å²) in [5.41, 5.74) is 4.46. The maximum Gasteiger partial charge on any atom is 0.230 e. The number of ether oxygens (including phenoxy) is 1. The number of thioether (sulfide) groups is 1. The second-order valence-electron chi connectivity index (χ2n) is 7.32. The Labute approximate surface area is 143 Å². The summed E-state index contributed by atoms with van der Waals surface area (Å²) >= 11 is 1.71. The molecule has 1 amide bonds. The normalized spacial score (nSPS) is 20.3. The topological polar surface area (TPSA) is 38.3 Å². The Morgan fingerprint density at radius 2 is 2.04 bits per heavy atom. The molecule has 1 aromatic rings. The molecule has 23 heavy (non-hydrogen) atoms. The molecule has 1 N–H and O–H groups in total. The molecule has 1 aliphatic heterocycles. The first-order chi connectivity index (χ1) is 11.1. The van der Waals surface area contributed by atoms with Crippen LogP contribution in [-0.2, 0) is 22.4 Å². The third kappa shape index (κ3) is 4.30. The molecule has 1 unspecified atom stereocenters.